The second-order valence-corrected chi connectivity index (χ2v) is 6.65. The third-order valence-electron chi connectivity index (χ3n) is 5.50. The van der Waals surface area contributed by atoms with Crippen LogP contribution in [-0.2, 0) is 4.79 Å². The summed E-state index contributed by atoms with van der Waals surface area (Å²) in [6, 6.07) is 0. The maximum absolute atomic E-state index is 11.9. The number of nitrogens with zero attached hydrogens (tertiary/aromatic N) is 2. The van der Waals surface area contributed by atoms with E-state index in [0.29, 0.717) is 5.92 Å². The molecule has 21 heavy (non-hydrogen) atoms. The molecule has 2 aliphatic rings. The second kappa shape index (κ2) is 7.56. The second-order valence-electron chi connectivity index (χ2n) is 6.65. The molecule has 1 aliphatic heterocycles. The Kier molecular flexibility index (Phi) is 6.02. The summed E-state index contributed by atoms with van der Waals surface area (Å²) in [7, 11) is 1.88. The molecule has 1 saturated heterocycles. The first-order valence-electron chi connectivity index (χ1n) is 8.56. The fourth-order valence-corrected chi connectivity index (χ4v) is 4.14. The number of nitrogens with two attached hydrogens (primary N) is 1. The van der Waals surface area contributed by atoms with E-state index in [9.17, 15) is 4.79 Å². The molecule has 0 spiro atoms. The number of hydrogen-bond acceptors (Lipinski definition) is 4. The van der Waals surface area contributed by atoms with Gasteiger partial charge in [-0.3, -0.25) is 4.79 Å². The molecule has 1 heterocycles. The minimum atomic E-state index is -0.454. The first-order valence-corrected chi connectivity index (χ1v) is 8.56. The van der Waals surface area contributed by atoms with Crippen LogP contribution in [0.15, 0.2) is 0 Å². The van der Waals surface area contributed by atoms with Gasteiger partial charge in [0.25, 0.3) is 0 Å². The predicted octanol–water partition coefficient (Wildman–Crippen LogP) is 0.648. The van der Waals surface area contributed by atoms with Gasteiger partial charge in [-0.1, -0.05) is 13.3 Å². The Labute approximate surface area is 129 Å². The van der Waals surface area contributed by atoms with Gasteiger partial charge in [0.05, 0.1) is 0 Å². The van der Waals surface area contributed by atoms with Crippen LogP contribution in [-0.4, -0.2) is 67.6 Å². The van der Waals surface area contributed by atoms with Gasteiger partial charge in [-0.05, 0) is 51.7 Å². The van der Waals surface area contributed by atoms with Crippen molar-refractivity contribution in [3.63, 3.8) is 0 Å². The normalized spacial score (nSPS) is 31.6. The first-order chi connectivity index (χ1) is 10.1. The highest BCUT2D eigenvalue weighted by Gasteiger charge is 2.46. The quantitative estimate of drug-likeness (QED) is 0.724. The summed E-state index contributed by atoms with van der Waals surface area (Å²) in [4.78, 5) is 17.0. The summed E-state index contributed by atoms with van der Waals surface area (Å²) in [6.07, 6.45) is 5.45. The van der Waals surface area contributed by atoms with Crippen molar-refractivity contribution in [3.05, 3.63) is 0 Å². The first kappa shape index (κ1) is 16.7. The zero-order valence-corrected chi connectivity index (χ0v) is 13.7. The smallest absolute Gasteiger partial charge is 0.238 e. The maximum Gasteiger partial charge on any atom is 0.238 e. The highest BCUT2D eigenvalue weighted by Crippen LogP contribution is 2.37. The molecular formula is C16H32N4O. The van der Waals surface area contributed by atoms with E-state index >= 15 is 0 Å². The van der Waals surface area contributed by atoms with E-state index < -0.39 is 5.54 Å². The number of piperazine rings is 1. The molecule has 1 aliphatic carbocycles. The van der Waals surface area contributed by atoms with Gasteiger partial charge in [0, 0.05) is 26.2 Å². The zero-order valence-electron chi connectivity index (χ0n) is 13.7. The van der Waals surface area contributed by atoms with Gasteiger partial charge in [0.1, 0.15) is 5.54 Å². The third-order valence-corrected chi connectivity index (χ3v) is 5.50. The lowest BCUT2D eigenvalue weighted by Crippen LogP contribution is -2.57. The fourth-order valence-electron chi connectivity index (χ4n) is 4.14. The molecule has 5 heteroatoms. The van der Waals surface area contributed by atoms with Crippen molar-refractivity contribution in [1.82, 2.24) is 15.1 Å². The monoisotopic (exact) mass is 296 g/mol. The van der Waals surface area contributed by atoms with Crippen LogP contribution in [0.1, 0.15) is 39.0 Å². The van der Waals surface area contributed by atoms with Crippen LogP contribution in [0.2, 0.25) is 0 Å². The van der Waals surface area contributed by atoms with Crippen LogP contribution >= 0.6 is 0 Å². The van der Waals surface area contributed by atoms with E-state index in [2.05, 4.69) is 22.0 Å². The van der Waals surface area contributed by atoms with Gasteiger partial charge in [-0.25, -0.2) is 0 Å². The van der Waals surface area contributed by atoms with Crippen molar-refractivity contribution in [2.45, 2.75) is 44.6 Å². The number of carbonyl (C=O) groups is 1. The molecule has 1 saturated carbocycles. The van der Waals surface area contributed by atoms with Gasteiger partial charge in [0.15, 0.2) is 0 Å². The Morgan fingerprint density at radius 3 is 2.38 bits per heavy atom. The Morgan fingerprint density at radius 1 is 1.24 bits per heavy atom. The van der Waals surface area contributed by atoms with E-state index in [1.54, 1.807) is 0 Å². The van der Waals surface area contributed by atoms with Crippen molar-refractivity contribution in [2.24, 2.45) is 11.7 Å². The Hall–Kier alpha value is -0.650. The van der Waals surface area contributed by atoms with E-state index in [1.165, 1.54) is 26.1 Å². The van der Waals surface area contributed by atoms with E-state index in [-0.39, 0.29) is 5.91 Å². The molecule has 2 unspecified atom stereocenters. The Bertz CT molecular complexity index is 341. The van der Waals surface area contributed by atoms with Crippen molar-refractivity contribution >= 4 is 5.91 Å². The standard InChI is InChI=1S/C16H32N4O/c1-3-8-19-10-12-20(13-11-19)9-6-14-5-4-7-16(14,18-2)15(17)21/h14,18H,3-13H2,1-2H3,(H2,17,21). The van der Waals surface area contributed by atoms with E-state index in [4.69, 9.17) is 5.73 Å². The molecule has 2 fully saturated rings. The molecule has 0 radical (unpaired) electrons. The molecule has 3 N–H and O–H groups in total. The topological polar surface area (TPSA) is 61.6 Å². The number of amides is 1. The van der Waals surface area contributed by atoms with Gasteiger partial charge in [-0.2, -0.15) is 0 Å². The van der Waals surface area contributed by atoms with E-state index in [1.807, 2.05) is 7.05 Å². The molecule has 1 amide bonds. The molecule has 0 bridgehead atoms. The molecule has 0 aromatic rings. The highest BCUT2D eigenvalue weighted by molar-refractivity contribution is 5.85. The summed E-state index contributed by atoms with van der Waals surface area (Å²) in [5.74, 6) is 0.230. The lowest BCUT2D eigenvalue weighted by atomic mass is 9.84. The lowest BCUT2D eigenvalue weighted by molar-refractivity contribution is -0.125. The van der Waals surface area contributed by atoms with Gasteiger partial charge < -0.3 is 20.9 Å². The molecule has 5 nitrogen and oxygen atoms in total. The van der Waals surface area contributed by atoms with Crippen LogP contribution in [0, 0.1) is 5.92 Å². The van der Waals surface area contributed by atoms with Crippen LogP contribution in [0.25, 0.3) is 0 Å². The summed E-state index contributed by atoms with van der Waals surface area (Å²) >= 11 is 0. The minimum Gasteiger partial charge on any atom is -0.368 e. The van der Waals surface area contributed by atoms with Gasteiger partial charge in [-0.15, -0.1) is 0 Å². The molecule has 2 atom stereocenters. The fraction of sp³-hybridized carbons (Fsp3) is 0.938. The van der Waals surface area contributed by atoms with Crippen LogP contribution in [0.3, 0.4) is 0 Å². The lowest BCUT2D eigenvalue weighted by Gasteiger charge is -2.37. The average Bonchev–Trinajstić information content (AvgIpc) is 2.91. The SMILES string of the molecule is CCCN1CCN(CCC2CCCC2(NC)C(N)=O)CC1. The minimum absolute atomic E-state index is 0.166. The highest BCUT2D eigenvalue weighted by atomic mass is 16.1. The van der Waals surface area contributed by atoms with Crippen molar-refractivity contribution in [1.29, 1.82) is 0 Å². The number of likely N-dealkylation sites (N-methyl/N-ethyl adjacent to an activating group) is 1. The van der Waals surface area contributed by atoms with Crippen molar-refractivity contribution < 1.29 is 4.79 Å². The van der Waals surface area contributed by atoms with Gasteiger partial charge in [0.2, 0.25) is 5.91 Å². The van der Waals surface area contributed by atoms with Crippen LogP contribution in [0.5, 0.6) is 0 Å². The summed E-state index contributed by atoms with van der Waals surface area (Å²) in [5, 5.41) is 3.24. The van der Waals surface area contributed by atoms with Crippen LogP contribution in [0.4, 0.5) is 0 Å². The van der Waals surface area contributed by atoms with Crippen molar-refractivity contribution in [3.8, 4) is 0 Å². The number of hydrogen-bond donors (Lipinski definition) is 2. The van der Waals surface area contributed by atoms with E-state index in [0.717, 1.165) is 45.3 Å². The maximum atomic E-state index is 11.9. The summed E-state index contributed by atoms with van der Waals surface area (Å²) < 4.78 is 0. The predicted molar refractivity (Wildman–Crippen MR) is 86.1 cm³/mol. The molecule has 2 rings (SSSR count). The largest absolute Gasteiger partial charge is 0.368 e. The molecule has 122 valence electrons. The number of primary amides is 1. The van der Waals surface area contributed by atoms with Gasteiger partial charge >= 0.3 is 0 Å². The third kappa shape index (κ3) is 3.76. The number of nitrogens with one attached hydrogen (secondary N) is 1. The Morgan fingerprint density at radius 2 is 1.86 bits per heavy atom. The van der Waals surface area contributed by atoms with Crippen molar-refractivity contribution in [2.75, 3.05) is 46.3 Å². The number of rotatable bonds is 7. The average molecular weight is 296 g/mol. The molecular weight excluding hydrogens is 264 g/mol. The molecule has 0 aromatic heterocycles. The summed E-state index contributed by atoms with van der Waals surface area (Å²) in [6.45, 7) is 9.26. The molecule has 0 aromatic carbocycles. The summed E-state index contributed by atoms with van der Waals surface area (Å²) in [5.41, 5.74) is 5.22. The zero-order chi connectivity index (χ0) is 15.3. The van der Waals surface area contributed by atoms with Crippen LogP contribution < -0.4 is 11.1 Å². The Balaban J connectivity index is 1.79. The number of carbonyl (C=O) groups excluding carboxylic acids is 1.